The molecule has 0 fully saturated rings. The summed E-state index contributed by atoms with van der Waals surface area (Å²) in [6.07, 6.45) is 5.07. The van der Waals surface area contributed by atoms with Crippen LogP contribution in [0.5, 0.6) is 0 Å². The molecule has 0 saturated heterocycles. The minimum Gasteiger partial charge on any atom is -0.282 e. The van der Waals surface area contributed by atoms with E-state index in [0.717, 1.165) is 0 Å². The Morgan fingerprint density at radius 3 is 2.14 bits per heavy atom. The molecule has 0 aliphatic heterocycles. The fourth-order valence-corrected chi connectivity index (χ4v) is 1.64. The molecule has 0 amide bonds. The fraction of sp³-hybridized carbons (Fsp3) is 0.750. The number of hydrogen-bond acceptors (Lipinski definition) is 1. The SMILES string of the molecule is CC.CC.Cc1[nH]nc2c1CCCC2. The third-order valence-electron chi connectivity index (χ3n) is 2.25. The summed E-state index contributed by atoms with van der Waals surface area (Å²) in [5, 5.41) is 7.26. The van der Waals surface area contributed by atoms with E-state index in [4.69, 9.17) is 0 Å². The Balaban J connectivity index is 0.000000379. The van der Waals surface area contributed by atoms with Gasteiger partial charge in [-0.05, 0) is 38.2 Å². The zero-order chi connectivity index (χ0) is 11.0. The van der Waals surface area contributed by atoms with Gasteiger partial charge in [0.25, 0.3) is 0 Å². The molecule has 0 unspecified atom stereocenters. The van der Waals surface area contributed by atoms with E-state index in [1.807, 2.05) is 27.7 Å². The molecule has 2 nitrogen and oxygen atoms in total. The molecule has 0 radical (unpaired) electrons. The van der Waals surface area contributed by atoms with Gasteiger partial charge in [0.15, 0.2) is 0 Å². The molecule has 14 heavy (non-hydrogen) atoms. The molecule has 1 aromatic rings. The summed E-state index contributed by atoms with van der Waals surface area (Å²) in [5.41, 5.74) is 4.06. The quantitative estimate of drug-likeness (QED) is 0.674. The second kappa shape index (κ2) is 7.60. The number of H-pyrrole nitrogens is 1. The number of aromatic nitrogens is 2. The largest absolute Gasteiger partial charge is 0.282 e. The van der Waals surface area contributed by atoms with Gasteiger partial charge in [-0.3, -0.25) is 5.10 Å². The molecular weight excluding hydrogens is 172 g/mol. The second-order valence-corrected chi connectivity index (χ2v) is 2.98. The van der Waals surface area contributed by atoms with Crippen LogP contribution in [0.2, 0.25) is 0 Å². The monoisotopic (exact) mass is 196 g/mol. The number of hydrogen-bond donors (Lipinski definition) is 1. The average molecular weight is 196 g/mol. The first-order valence-electron chi connectivity index (χ1n) is 5.90. The molecule has 1 N–H and O–H groups in total. The number of nitrogens with zero attached hydrogens (tertiary/aromatic N) is 1. The van der Waals surface area contributed by atoms with Crippen molar-refractivity contribution in [3.63, 3.8) is 0 Å². The second-order valence-electron chi connectivity index (χ2n) is 2.98. The highest BCUT2D eigenvalue weighted by Crippen LogP contribution is 2.20. The maximum Gasteiger partial charge on any atom is 0.0656 e. The highest BCUT2D eigenvalue weighted by Gasteiger charge is 2.13. The molecule has 1 aliphatic carbocycles. The molecule has 82 valence electrons. The molecule has 0 spiro atoms. The number of nitrogens with one attached hydrogen (secondary N) is 1. The minimum absolute atomic E-state index is 1.18. The Bertz CT molecular complexity index is 238. The lowest BCUT2D eigenvalue weighted by atomic mass is 9.96. The van der Waals surface area contributed by atoms with Crippen molar-refractivity contribution >= 4 is 0 Å². The Morgan fingerprint density at radius 1 is 1.00 bits per heavy atom. The van der Waals surface area contributed by atoms with E-state index in [1.54, 1.807) is 0 Å². The summed E-state index contributed by atoms with van der Waals surface area (Å²) in [4.78, 5) is 0. The molecule has 1 aromatic heterocycles. The van der Waals surface area contributed by atoms with Crippen molar-refractivity contribution in [3.8, 4) is 0 Å². The maximum absolute atomic E-state index is 4.23. The van der Waals surface area contributed by atoms with E-state index in [9.17, 15) is 0 Å². The van der Waals surface area contributed by atoms with Crippen LogP contribution in [0.3, 0.4) is 0 Å². The lowest BCUT2D eigenvalue weighted by molar-refractivity contribution is 0.673. The average Bonchev–Trinajstić information content (AvgIpc) is 2.67. The lowest BCUT2D eigenvalue weighted by Crippen LogP contribution is -2.00. The van der Waals surface area contributed by atoms with Crippen LogP contribution in [-0.2, 0) is 12.8 Å². The normalized spacial score (nSPS) is 12.9. The van der Waals surface area contributed by atoms with Gasteiger partial charge in [-0.15, -0.1) is 0 Å². The van der Waals surface area contributed by atoms with E-state index in [0.29, 0.717) is 0 Å². The predicted octanol–water partition coefficient (Wildman–Crippen LogP) is 3.65. The first-order chi connectivity index (χ1) is 6.88. The summed E-state index contributed by atoms with van der Waals surface area (Å²) in [7, 11) is 0. The van der Waals surface area contributed by atoms with Gasteiger partial charge >= 0.3 is 0 Å². The van der Waals surface area contributed by atoms with Crippen molar-refractivity contribution in [1.82, 2.24) is 10.2 Å². The molecular formula is C12H24N2. The third kappa shape index (κ3) is 3.17. The predicted molar refractivity (Wildman–Crippen MR) is 62.7 cm³/mol. The van der Waals surface area contributed by atoms with Gasteiger partial charge in [-0.1, -0.05) is 27.7 Å². The minimum atomic E-state index is 1.18. The first-order valence-corrected chi connectivity index (χ1v) is 5.90. The van der Waals surface area contributed by atoms with Gasteiger partial charge in [-0.2, -0.15) is 5.10 Å². The van der Waals surface area contributed by atoms with Crippen molar-refractivity contribution in [3.05, 3.63) is 17.0 Å². The number of aryl methyl sites for hydroxylation is 2. The van der Waals surface area contributed by atoms with Crippen molar-refractivity contribution in [2.24, 2.45) is 0 Å². The van der Waals surface area contributed by atoms with Crippen LogP contribution < -0.4 is 0 Å². The molecule has 0 saturated carbocycles. The number of fused-ring (bicyclic) bond motifs is 1. The van der Waals surface area contributed by atoms with Crippen molar-refractivity contribution in [2.45, 2.75) is 60.3 Å². The zero-order valence-corrected chi connectivity index (χ0v) is 10.3. The molecule has 2 heteroatoms. The van der Waals surface area contributed by atoms with Crippen LogP contribution in [0.25, 0.3) is 0 Å². The third-order valence-corrected chi connectivity index (χ3v) is 2.25. The number of aromatic amines is 1. The summed E-state index contributed by atoms with van der Waals surface area (Å²) >= 11 is 0. The fourth-order valence-electron chi connectivity index (χ4n) is 1.64. The number of rotatable bonds is 0. The standard InChI is InChI=1S/C8H12N2.2C2H6/c1-6-7-4-2-3-5-8(7)10-9-6;2*1-2/h2-5H2,1H3,(H,9,10);2*1-2H3. The maximum atomic E-state index is 4.23. The van der Waals surface area contributed by atoms with E-state index in [-0.39, 0.29) is 0 Å². The van der Waals surface area contributed by atoms with E-state index < -0.39 is 0 Å². The van der Waals surface area contributed by atoms with Crippen LogP contribution in [0.4, 0.5) is 0 Å². The topological polar surface area (TPSA) is 28.7 Å². The van der Waals surface area contributed by atoms with Crippen LogP contribution in [0.15, 0.2) is 0 Å². The molecule has 0 atom stereocenters. The Kier molecular flexibility index (Phi) is 7.17. The Morgan fingerprint density at radius 2 is 1.57 bits per heavy atom. The molecule has 0 aromatic carbocycles. The van der Waals surface area contributed by atoms with Gasteiger partial charge < -0.3 is 0 Å². The molecule has 2 rings (SSSR count). The van der Waals surface area contributed by atoms with E-state index in [1.165, 1.54) is 42.6 Å². The first kappa shape index (κ1) is 13.2. The zero-order valence-electron chi connectivity index (χ0n) is 10.3. The van der Waals surface area contributed by atoms with Crippen molar-refractivity contribution in [2.75, 3.05) is 0 Å². The lowest BCUT2D eigenvalue weighted by Gasteiger charge is -2.08. The van der Waals surface area contributed by atoms with Crippen LogP contribution in [0, 0.1) is 6.92 Å². The van der Waals surface area contributed by atoms with E-state index >= 15 is 0 Å². The van der Waals surface area contributed by atoms with Crippen molar-refractivity contribution < 1.29 is 0 Å². The van der Waals surface area contributed by atoms with Gasteiger partial charge in [0.1, 0.15) is 0 Å². The summed E-state index contributed by atoms with van der Waals surface area (Å²) in [6, 6.07) is 0. The van der Waals surface area contributed by atoms with Crippen LogP contribution in [-0.4, -0.2) is 10.2 Å². The highest BCUT2D eigenvalue weighted by molar-refractivity contribution is 5.26. The molecule has 1 aliphatic rings. The highest BCUT2D eigenvalue weighted by atomic mass is 15.1. The van der Waals surface area contributed by atoms with E-state index in [2.05, 4.69) is 17.1 Å². The molecule has 1 heterocycles. The van der Waals surface area contributed by atoms with Gasteiger partial charge in [0, 0.05) is 5.69 Å². The summed E-state index contributed by atoms with van der Waals surface area (Å²) in [6.45, 7) is 10.1. The summed E-state index contributed by atoms with van der Waals surface area (Å²) < 4.78 is 0. The molecule has 0 bridgehead atoms. The van der Waals surface area contributed by atoms with Crippen LogP contribution >= 0.6 is 0 Å². The Hall–Kier alpha value is -0.790. The van der Waals surface area contributed by atoms with Gasteiger partial charge in [0.2, 0.25) is 0 Å². The van der Waals surface area contributed by atoms with Gasteiger partial charge in [0.05, 0.1) is 5.69 Å². The summed E-state index contributed by atoms with van der Waals surface area (Å²) in [5.74, 6) is 0. The van der Waals surface area contributed by atoms with Crippen LogP contribution in [0.1, 0.15) is 57.5 Å². The smallest absolute Gasteiger partial charge is 0.0656 e. The van der Waals surface area contributed by atoms with Gasteiger partial charge in [-0.25, -0.2) is 0 Å². The Labute approximate surface area is 88.1 Å². The van der Waals surface area contributed by atoms with Crippen molar-refractivity contribution in [1.29, 1.82) is 0 Å².